The molecule has 1 aromatic carbocycles. The molecule has 96 valence electrons. The zero-order chi connectivity index (χ0) is 13.1. The predicted molar refractivity (Wildman–Crippen MR) is 72.6 cm³/mol. The SMILES string of the molecule is CCn1nc(CNc2ncncn2)c2ccccc21. The van der Waals surface area contributed by atoms with Crippen molar-refractivity contribution in [1.82, 2.24) is 24.7 Å². The first-order valence-electron chi connectivity index (χ1n) is 6.19. The van der Waals surface area contributed by atoms with Crippen LogP contribution < -0.4 is 5.32 Å². The van der Waals surface area contributed by atoms with Crippen molar-refractivity contribution in [3.63, 3.8) is 0 Å². The predicted octanol–water partition coefficient (Wildman–Crippen LogP) is 1.85. The molecule has 0 radical (unpaired) electrons. The van der Waals surface area contributed by atoms with Crippen LogP contribution in [0.1, 0.15) is 12.6 Å². The minimum absolute atomic E-state index is 0.560. The number of benzene rings is 1. The minimum atomic E-state index is 0.560. The number of fused-ring (bicyclic) bond motifs is 1. The van der Waals surface area contributed by atoms with Gasteiger partial charge in [0.2, 0.25) is 5.95 Å². The summed E-state index contributed by atoms with van der Waals surface area (Å²) in [5.41, 5.74) is 2.15. The molecule has 0 aliphatic heterocycles. The van der Waals surface area contributed by atoms with Crippen molar-refractivity contribution in [2.45, 2.75) is 20.0 Å². The van der Waals surface area contributed by atoms with Crippen LogP contribution in [0.2, 0.25) is 0 Å². The van der Waals surface area contributed by atoms with Crippen LogP contribution in [0.5, 0.6) is 0 Å². The van der Waals surface area contributed by atoms with Gasteiger partial charge in [0.25, 0.3) is 0 Å². The Morgan fingerprint density at radius 2 is 1.95 bits per heavy atom. The van der Waals surface area contributed by atoms with Crippen molar-refractivity contribution >= 4 is 16.9 Å². The van der Waals surface area contributed by atoms with E-state index in [0.29, 0.717) is 12.5 Å². The lowest BCUT2D eigenvalue weighted by atomic mass is 10.2. The van der Waals surface area contributed by atoms with Gasteiger partial charge in [0.15, 0.2) is 0 Å². The molecule has 0 spiro atoms. The van der Waals surface area contributed by atoms with Gasteiger partial charge in [0.05, 0.1) is 17.8 Å². The molecular weight excluding hydrogens is 240 g/mol. The van der Waals surface area contributed by atoms with E-state index in [1.807, 2.05) is 16.8 Å². The summed E-state index contributed by atoms with van der Waals surface area (Å²) in [6.07, 6.45) is 2.94. The third kappa shape index (κ3) is 2.24. The Hall–Kier alpha value is -2.50. The van der Waals surface area contributed by atoms with Gasteiger partial charge in [-0.1, -0.05) is 18.2 Å². The monoisotopic (exact) mass is 254 g/mol. The van der Waals surface area contributed by atoms with Crippen LogP contribution in [0.15, 0.2) is 36.9 Å². The zero-order valence-electron chi connectivity index (χ0n) is 10.6. The molecule has 2 aromatic heterocycles. The Morgan fingerprint density at radius 3 is 2.74 bits per heavy atom. The normalized spacial score (nSPS) is 10.8. The first-order valence-corrected chi connectivity index (χ1v) is 6.19. The number of nitrogens with one attached hydrogen (secondary N) is 1. The number of rotatable bonds is 4. The summed E-state index contributed by atoms with van der Waals surface area (Å²) in [5.74, 6) is 0.560. The second kappa shape index (κ2) is 5.01. The van der Waals surface area contributed by atoms with Crippen molar-refractivity contribution in [1.29, 1.82) is 0 Å². The van der Waals surface area contributed by atoms with Crippen molar-refractivity contribution in [2.24, 2.45) is 0 Å². The average molecular weight is 254 g/mol. The van der Waals surface area contributed by atoms with Crippen molar-refractivity contribution in [3.05, 3.63) is 42.6 Å². The van der Waals surface area contributed by atoms with E-state index in [1.165, 1.54) is 12.7 Å². The Kier molecular flexibility index (Phi) is 3.06. The maximum atomic E-state index is 4.61. The minimum Gasteiger partial charge on any atom is -0.348 e. The van der Waals surface area contributed by atoms with Crippen molar-refractivity contribution in [3.8, 4) is 0 Å². The molecule has 0 amide bonds. The molecule has 0 unspecified atom stereocenters. The van der Waals surface area contributed by atoms with E-state index >= 15 is 0 Å². The molecule has 0 bridgehead atoms. The highest BCUT2D eigenvalue weighted by Gasteiger charge is 2.08. The van der Waals surface area contributed by atoms with Gasteiger partial charge in [-0.3, -0.25) is 4.68 Å². The second-order valence-electron chi connectivity index (χ2n) is 4.09. The Labute approximate surface area is 110 Å². The topological polar surface area (TPSA) is 68.5 Å². The highest BCUT2D eigenvalue weighted by atomic mass is 15.3. The summed E-state index contributed by atoms with van der Waals surface area (Å²) < 4.78 is 2.00. The average Bonchev–Trinajstić information content (AvgIpc) is 2.84. The highest BCUT2D eigenvalue weighted by molar-refractivity contribution is 5.82. The second-order valence-corrected chi connectivity index (χ2v) is 4.09. The Morgan fingerprint density at radius 1 is 1.16 bits per heavy atom. The summed E-state index contributed by atoms with van der Waals surface area (Å²) in [6.45, 7) is 3.53. The molecule has 0 fully saturated rings. The molecular formula is C13H14N6. The smallest absolute Gasteiger partial charge is 0.225 e. The quantitative estimate of drug-likeness (QED) is 0.769. The van der Waals surface area contributed by atoms with Gasteiger partial charge in [0.1, 0.15) is 12.7 Å². The number of aromatic nitrogens is 5. The first-order chi connectivity index (χ1) is 9.38. The Bertz CT molecular complexity index is 676. The van der Waals surface area contributed by atoms with E-state index in [4.69, 9.17) is 0 Å². The van der Waals surface area contributed by atoms with Crippen LogP contribution in [0.3, 0.4) is 0 Å². The number of anilines is 1. The fraction of sp³-hybridized carbons (Fsp3) is 0.231. The molecule has 3 aromatic rings. The molecule has 0 aliphatic carbocycles. The van der Waals surface area contributed by atoms with Crippen LogP contribution in [0, 0.1) is 0 Å². The van der Waals surface area contributed by atoms with Gasteiger partial charge in [-0.15, -0.1) is 0 Å². The van der Waals surface area contributed by atoms with Crippen LogP contribution in [0.4, 0.5) is 5.95 Å². The highest BCUT2D eigenvalue weighted by Crippen LogP contribution is 2.18. The van der Waals surface area contributed by atoms with E-state index < -0.39 is 0 Å². The maximum Gasteiger partial charge on any atom is 0.225 e. The van der Waals surface area contributed by atoms with Gasteiger partial charge in [0, 0.05) is 11.9 Å². The number of para-hydroxylation sites is 1. The number of hydrogen-bond donors (Lipinski definition) is 1. The summed E-state index contributed by atoms with van der Waals surface area (Å²) >= 11 is 0. The number of aryl methyl sites for hydroxylation is 1. The van der Waals surface area contributed by atoms with Gasteiger partial charge in [-0.2, -0.15) is 5.10 Å². The third-order valence-electron chi connectivity index (χ3n) is 2.94. The molecule has 6 heteroatoms. The van der Waals surface area contributed by atoms with Gasteiger partial charge in [-0.05, 0) is 13.0 Å². The van der Waals surface area contributed by atoms with E-state index in [-0.39, 0.29) is 0 Å². The lowest BCUT2D eigenvalue weighted by molar-refractivity contribution is 0.670. The Balaban J connectivity index is 1.89. The molecule has 19 heavy (non-hydrogen) atoms. The summed E-state index contributed by atoms with van der Waals surface area (Å²) in [7, 11) is 0. The largest absolute Gasteiger partial charge is 0.348 e. The van der Waals surface area contributed by atoms with Crippen LogP contribution >= 0.6 is 0 Å². The molecule has 0 saturated carbocycles. The van der Waals surface area contributed by atoms with E-state index in [9.17, 15) is 0 Å². The van der Waals surface area contributed by atoms with Gasteiger partial charge >= 0.3 is 0 Å². The molecule has 1 N–H and O–H groups in total. The molecule has 2 heterocycles. The van der Waals surface area contributed by atoms with Gasteiger partial charge < -0.3 is 5.32 Å². The summed E-state index contributed by atoms with van der Waals surface area (Å²) in [6, 6.07) is 8.22. The molecule has 0 aliphatic rings. The lowest BCUT2D eigenvalue weighted by Crippen LogP contribution is -2.05. The zero-order valence-corrected chi connectivity index (χ0v) is 10.6. The molecule has 3 rings (SSSR count). The fourth-order valence-corrected chi connectivity index (χ4v) is 2.06. The third-order valence-corrected chi connectivity index (χ3v) is 2.94. The lowest BCUT2D eigenvalue weighted by Gasteiger charge is -2.01. The van der Waals surface area contributed by atoms with Crippen molar-refractivity contribution < 1.29 is 0 Å². The molecule has 0 saturated heterocycles. The van der Waals surface area contributed by atoms with E-state index in [0.717, 1.165) is 23.1 Å². The summed E-state index contributed by atoms with van der Waals surface area (Å²) in [5, 5.41) is 8.92. The van der Waals surface area contributed by atoms with Crippen LogP contribution in [-0.4, -0.2) is 24.7 Å². The molecule has 0 atom stereocenters. The number of nitrogens with zero attached hydrogens (tertiary/aromatic N) is 5. The summed E-state index contributed by atoms with van der Waals surface area (Å²) in [4.78, 5) is 11.9. The fourth-order valence-electron chi connectivity index (χ4n) is 2.06. The first kappa shape index (κ1) is 11.6. The maximum absolute atomic E-state index is 4.61. The van der Waals surface area contributed by atoms with Crippen LogP contribution in [0.25, 0.3) is 10.9 Å². The van der Waals surface area contributed by atoms with Gasteiger partial charge in [-0.25, -0.2) is 15.0 Å². The van der Waals surface area contributed by atoms with Crippen molar-refractivity contribution in [2.75, 3.05) is 5.32 Å². The van der Waals surface area contributed by atoms with Crippen LogP contribution in [-0.2, 0) is 13.1 Å². The van der Waals surface area contributed by atoms with E-state index in [1.54, 1.807) is 0 Å². The molecule has 6 nitrogen and oxygen atoms in total. The van der Waals surface area contributed by atoms with E-state index in [2.05, 4.69) is 44.4 Å². The standard InChI is InChI=1S/C13H14N6/c1-2-19-12-6-4-3-5-10(12)11(18-19)7-15-13-16-8-14-9-17-13/h3-6,8-9H,2,7H2,1H3,(H,14,15,16,17). The number of hydrogen-bond acceptors (Lipinski definition) is 5.